The third kappa shape index (κ3) is 5.13. The van der Waals surface area contributed by atoms with Crippen LogP contribution in [0.5, 0.6) is 0 Å². The summed E-state index contributed by atoms with van der Waals surface area (Å²) in [5, 5.41) is 8.56. The molecular formula is C12H23N3O. The third-order valence-corrected chi connectivity index (χ3v) is 2.39. The zero-order valence-electron chi connectivity index (χ0n) is 10.7. The highest BCUT2D eigenvalue weighted by molar-refractivity contribution is 5.81. The summed E-state index contributed by atoms with van der Waals surface area (Å²) in [6.45, 7) is 9.11. The van der Waals surface area contributed by atoms with Crippen molar-refractivity contribution in [2.75, 3.05) is 13.1 Å². The van der Waals surface area contributed by atoms with Gasteiger partial charge in [-0.1, -0.05) is 27.7 Å². The van der Waals surface area contributed by atoms with Gasteiger partial charge in [0.05, 0.1) is 18.5 Å². The van der Waals surface area contributed by atoms with Crippen molar-refractivity contribution in [2.24, 2.45) is 17.6 Å². The molecule has 0 bridgehead atoms. The molecule has 0 spiro atoms. The summed E-state index contributed by atoms with van der Waals surface area (Å²) in [5.74, 6) is 0.477. The molecule has 0 aliphatic rings. The number of amides is 1. The van der Waals surface area contributed by atoms with Crippen LogP contribution in [0, 0.1) is 23.2 Å². The van der Waals surface area contributed by atoms with Gasteiger partial charge in [-0.05, 0) is 11.8 Å². The van der Waals surface area contributed by atoms with Gasteiger partial charge < -0.3 is 10.6 Å². The van der Waals surface area contributed by atoms with Crippen LogP contribution in [0.3, 0.4) is 0 Å². The monoisotopic (exact) mass is 225 g/mol. The van der Waals surface area contributed by atoms with Crippen LogP contribution in [0.25, 0.3) is 0 Å². The second-order valence-electron chi connectivity index (χ2n) is 4.86. The molecule has 0 aliphatic heterocycles. The summed E-state index contributed by atoms with van der Waals surface area (Å²) in [7, 11) is 0. The first-order valence-corrected chi connectivity index (χ1v) is 5.81. The van der Waals surface area contributed by atoms with E-state index in [2.05, 4.69) is 6.07 Å². The molecule has 0 aliphatic carbocycles. The zero-order chi connectivity index (χ0) is 12.7. The van der Waals surface area contributed by atoms with E-state index in [1.165, 1.54) is 0 Å². The summed E-state index contributed by atoms with van der Waals surface area (Å²) >= 11 is 0. The second-order valence-corrected chi connectivity index (χ2v) is 4.86. The predicted molar refractivity (Wildman–Crippen MR) is 64.5 cm³/mol. The lowest BCUT2D eigenvalue weighted by atomic mass is 10.0. The Bertz CT molecular complexity index is 255. The van der Waals surface area contributed by atoms with Crippen LogP contribution in [0.15, 0.2) is 0 Å². The number of nitrogens with zero attached hydrogens (tertiary/aromatic N) is 2. The Morgan fingerprint density at radius 1 is 1.38 bits per heavy atom. The molecule has 2 N–H and O–H groups in total. The van der Waals surface area contributed by atoms with E-state index in [0.717, 1.165) is 0 Å². The van der Waals surface area contributed by atoms with Crippen molar-refractivity contribution >= 4 is 5.91 Å². The van der Waals surface area contributed by atoms with E-state index in [-0.39, 0.29) is 11.8 Å². The van der Waals surface area contributed by atoms with Crippen molar-refractivity contribution in [1.29, 1.82) is 5.26 Å². The Balaban J connectivity index is 4.49. The Labute approximate surface area is 98.4 Å². The number of hydrogen-bond acceptors (Lipinski definition) is 3. The maximum absolute atomic E-state index is 12.0. The number of nitrogens with two attached hydrogens (primary N) is 1. The lowest BCUT2D eigenvalue weighted by Gasteiger charge is -2.28. The smallest absolute Gasteiger partial charge is 0.239 e. The van der Waals surface area contributed by atoms with E-state index < -0.39 is 6.04 Å². The quantitative estimate of drug-likeness (QED) is 0.742. The number of hydrogen-bond donors (Lipinski definition) is 1. The van der Waals surface area contributed by atoms with Gasteiger partial charge in [-0.15, -0.1) is 0 Å². The van der Waals surface area contributed by atoms with Crippen molar-refractivity contribution in [3.63, 3.8) is 0 Å². The molecule has 0 aromatic rings. The molecule has 1 unspecified atom stereocenters. The standard InChI is InChI=1S/C12H23N3O/c1-9(2)8-15(7-5-6-13)12(16)11(14)10(3)4/h9-11H,5,7-8,14H2,1-4H3. The van der Waals surface area contributed by atoms with Gasteiger partial charge in [-0.2, -0.15) is 5.26 Å². The molecule has 0 saturated carbocycles. The van der Waals surface area contributed by atoms with Crippen molar-refractivity contribution in [1.82, 2.24) is 4.90 Å². The first-order chi connectivity index (χ1) is 7.40. The summed E-state index contributed by atoms with van der Waals surface area (Å²) < 4.78 is 0. The summed E-state index contributed by atoms with van der Waals surface area (Å²) in [4.78, 5) is 13.7. The van der Waals surface area contributed by atoms with Gasteiger partial charge in [0, 0.05) is 13.1 Å². The molecule has 0 heterocycles. The van der Waals surface area contributed by atoms with Crippen molar-refractivity contribution < 1.29 is 4.79 Å². The van der Waals surface area contributed by atoms with E-state index >= 15 is 0 Å². The minimum Gasteiger partial charge on any atom is -0.340 e. The van der Waals surface area contributed by atoms with E-state index in [0.29, 0.717) is 25.4 Å². The lowest BCUT2D eigenvalue weighted by Crippen LogP contribution is -2.48. The number of carbonyl (C=O) groups excluding carboxylic acids is 1. The van der Waals surface area contributed by atoms with E-state index in [4.69, 9.17) is 11.0 Å². The van der Waals surface area contributed by atoms with Crippen molar-refractivity contribution in [2.45, 2.75) is 40.2 Å². The van der Waals surface area contributed by atoms with Crippen LogP contribution in [0.4, 0.5) is 0 Å². The Morgan fingerprint density at radius 2 is 1.94 bits per heavy atom. The van der Waals surface area contributed by atoms with Crippen LogP contribution in [0.1, 0.15) is 34.1 Å². The van der Waals surface area contributed by atoms with Gasteiger partial charge in [-0.3, -0.25) is 4.79 Å². The van der Waals surface area contributed by atoms with Gasteiger partial charge in [0.15, 0.2) is 0 Å². The maximum atomic E-state index is 12.0. The molecule has 4 nitrogen and oxygen atoms in total. The molecule has 0 saturated heterocycles. The summed E-state index contributed by atoms with van der Waals surface area (Å²) in [5.41, 5.74) is 5.83. The fraction of sp³-hybridized carbons (Fsp3) is 0.833. The van der Waals surface area contributed by atoms with Crippen molar-refractivity contribution in [3.05, 3.63) is 0 Å². The minimum absolute atomic E-state index is 0.0426. The molecule has 0 rings (SSSR count). The highest BCUT2D eigenvalue weighted by Gasteiger charge is 2.23. The third-order valence-electron chi connectivity index (χ3n) is 2.39. The Kier molecular flexibility index (Phi) is 6.75. The molecule has 0 aromatic heterocycles. The number of rotatable bonds is 6. The largest absolute Gasteiger partial charge is 0.340 e. The second kappa shape index (κ2) is 7.24. The predicted octanol–water partition coefficient (Wildman–Crippen LogP) is 1.37. The Hall–Kier alpha value is -1.08. The highest BCUT2D eigenvalue weighted by atomic mass is 16.2. The average molecular weight is 225 g/mol. The minimum atomic E-state index is -0.461. The molecule has 0 radical (unpaired) electrons. The molecule has 4 heteroatoms. The number of nitriles is 1. The average Bonchev–Trinajstić information content (AvgIpc) is 2.21. The summed E-state index contributed by atoms with van der Waals surface area (Å²) in [6.07, 6.45) is 0.364. The van der Waals surface area contributed by atoms with Crippen LogP contribution < -0.4 is 5.73 Å². The van der Waals surface area contributed by atoms with Crippen LogP contribution in [-0.2, 0) is 4.79 Å². The Morgan fingerprint density at radius 3 is 2.31 bits per heavy atom. The van der Waals surface area contributed by atoms with Gasteiger partial charge in [0.25, 0.3) is 0 Å². The highest BCUT2D eigenvalue weighted by Crippen LogP contribution is 2.07. The molecule has 0 fully saturated rings. The fourth-order valence-electron chi connectivity index (χ4n) is 1.41. The fourth-order valence-corrected chi connectivity index (χ4v) is 1.41. The zero-order valence-corrected chi connectivity index (χ0v) is 10.7. The van der Waals surface area contributed by atoms with Gasteiger partial charge in [-0.25, -0.2) is 0 Å². The van der Waals surface area contributed by atoms with Crippen LogP contribution in [-0.4, -0.2) is 29.9 Å². The first kappa shape index (κ1) is 14.9. The molecule has 16 heavy (non-hydrogen) atoms. The van der Waals surface area contributed by atoms with E-state index in [9.17, 15) is 4.79 Å². The van der Waals surface area contributed by atoms with Gasteiger partial charge >= 0.3 is 0 Å². The van der Waals surface area contributed by atoms with Crippen molar-refractivity contribution in [3.8, 4) is 6.07 Å². The molecule has 1 atom stereocenters. The first-order valence-electron chi connectivity index (χ1n) is 5.81. The lowest BCUT2D eigenvalue weighted by molar-refractivity contribution is -0.134. The molecular weight excluding hydrogens is 202 g/mol. The topological polar surface area (TPSA) is 70.1 Å². The van der Waals surface area contributed by atoms with E-state index in [1.807, 2.05) is 27.7 Å². The van der Waals surface area contributed by atoms with Crippen LogP contribution >= 0.6 is 0 Å². The normalized spacial score (nSPS) is 12.6. The van der Waals surface area contributed by atoms with Gasteiger partial charge in [0.1, 0.15) is 0 Å². The van der Waals surface area contributed by atoms with E-state index in [1.54, 1.807) is 4.90 Å². The maximum Gasteiger partial charge on any atom is 0.239 e. The number of carbonyl (C=O) groups is 1. The van der Waals surface area contributed by atoms with Gasteiger partial charge in [0.2, 0.25) is 5.91 Å². The molecule has 92 valence electrons. The summed E-state index contributed by atoms with van der Waals surface area (Å²) in [6, 6.07) is 1.60. The molecule has 1 amide bonds. The molecule has 0 aromatic carbocycles. The van der Waals surface area contributed by atoms with Crippen LogP contribution in [0.2, 0.25) is 0 Å². The SMILES string of the molecule is CC(C)CN(CCC#N)C(=O)C(N)C(C)C.